The summed E-state index contributed by atoms with van der Waals surface area (Å²) in [5, 5.41) is 32.9. The van der Waals surface area contributed by atoms with Crippen molar-refractivity contribution in [2.45, 2.75) is 0 Å². The zero-order valence-corrected chi connectivity index (χ0v) is 20.2. The van der Waals surface area contributed by atoms with Crippen molar-refractivity contribution in [3.05, 3.63) is 109 Å². The van der Waals surface area contributed by atoms with Gasteiger partial charge in [-0.2, -0.15) is 10.4 Å². The lowest BCUT2D eigenvalue weighted by molar-refractivity contribution is -0.384. The molecule has 0 unspecified atom stereocenters. The third kappa shape index (κ3) is 4.03. The molecule has 0 saturated carbocycles. The van der Waals surface area contributed by atoms with Crippen LogP contribution in [0.3, 0.4) is 0 Å². The predicted octanol–water partition coefficient (Wildman–Crippen LogP) is 6.43. The molecule has 1 N–H and O–H groups in total. The van der Waals surface area contributed by atoms with Gasteiger partial charge in [0.25, 0.3) is 5.69 Å². The van der Waals surface area contributed by atoms with Gasteiger partial charge in [0.2, 0.25) is 0 Å². The number of rotatable bonds is 5. The van der Waals surface area contributed by atoms with E-state index in [0.717, 1.165) is 16.2 Å². The van der Waals surface area contributed by atoms with Crippen molar-refractivity contribution in [2.75, 3.05) is 0 Å². The van der Waals surface area contributed by atoms with Crippen LogP contribution in [0.15, 0.2) is 87.5 Å². The quantitative estimate of drug-likeness (QED) is 0.0913. The molecule has 0 saturated heterocycles. The van der Waals surface area contributed by atoms with Gasteiger partial charge in [0.15, 0.2) is 0 Å². The molecule has 0 fully saturated rings. The highest BCUT2D eigenvalue weighted by molar-refractivity contribution is 7.11. The number of nitriles is 1. The van der Waals surface area contributed by atoms with E-state index in [0.29, 0.717) is 38.7 Å². The molecule has 0 atom stereocenters. The maximum atomic E-state index is 12.8. The largest absolute Gasteiger partial charge is 0.422 e. The Morgan fingerprint density at radius 3 is 2.82 bits per heavy atom. The Hall–Kier alpha value is -5.40. The van der Waals surface area contributed by atoms with Gasteiger partial charge in [0.1, 0.15) is 16.7 Å². The predicted molar refractivity (Wildman–Crippen MR) is 145 cm³/mol. The molecule has 0 amide bonds. The van der Waals surface area contributed by atoms with Crippen LogP contribution in [0.1, 0.15) is 10.6 Å². The van der Waals surface area contributed by atoms with E-state index in [1.165, 1.54) is 29.7 Å². The molecule has 3 aromatic carbocycles. The molecule has 3 heterocycles. The van der Waals surface area contributed by atoms with Gasteiger partial charge in [0.05, 0.1) is 33.6 Å². The van der Waals surface area contributed by atoms with Crippen LogP contribution in [-0.4, -0.2) is 20.1 Å². The number of nitrogens with one attached hydrogen (secondary N) is 1. The van der Waals surface area contributed by atoms with E-state index in [4.69, 9.17) is 4.42 Å². The smallest absolute Gasteiger partial charge is 0.345 e. The molecule has 0 bridgehead atoms. The first-order chi connectivity index (χ1) is 18.5. The van der Waals surface area contributed by atoms with E-state index in [2.05, 4.69) is 21.3 Å². The van der Waals surface area contributed by atoms with Gasteiger partial charge in [-0.1, -0.05) is 42.5 Å². The van der Waals surface area contributed by atoms with Gasteiger partial charge < -0.3 is 4.42 Å². The monoisotopic (exact) mass is 517 g/mol. The van der Waals surface area contributed by atoms with Gasteiger partial charge in [0, 0.05) is 34.0 Å². The lowest BCUT2D eigenvalue weighted by Gasteiger charge is -2.04. The number of hydrogen-bond donors (Lipinski definition) is 1. The number of allylic oxidation sites excluding steroid dienone is 1. The number of nitro groups is 1. The van der Waals surface area contributed by atoms with Gasteiger partial charge in [-0.15, -0.1) is 11.3 Å². The average molecular weight is 518 g/mol. The van der Waals surface area contributed by atoms with E-state index >= 15 is 0 Å². The summed E-state index contributed by atoms with van der Waals surface area (Å²) in [5.74, 6) is 0. The Balaban J connectivity index is 1.40. The maximum absolute atomic E-state index is 12.8. The molecule has 38 heavy (non-hydrogen) atoms. The number of aromatic amines is 1. The summed E-state index contributed by atoms with van der Waals surface area (Å²) in [4.78, 5) is 28.1. The van der Waals surface area contributed by atoms with Gasteiger partial charge >= 0.3 is 5.63 Å². The Bertz CT molecular complexity index is 2010. The number of hydrogen-bond acceptors (Lipinski definition) is 8. The Morgan fingerprint density at radius 1 is 1.11 bits per heavy atom. The number of non-ortho nitro benzene ring substituents is 1. The Kier molecular flexibility index (Phi) is 5.60. The highest BCUT2D eigenvalue weighted by atomic mass is 32.1. The maximum Gasteiger partial charge on any atom is 0.345 e. The minimum atomic E-state index is -0.519. The minimum Gasteiger partial charge on any atom is -0.422 e. The van der Waals surface area contributed by atoms with Gasteiger partial charge in [-0.3, -0.25) is 15.2 Å². The summed E-state index contributed by atoms with van der Waals surface area (Å²) in [5.41, 5.74) is 2.52. The zero-order valence-electron chi connectivity index (χ0n) is 19.4. The standard InChI is InChI=1S/C28H15N5O4S/c29-13-18(10-19-14-30-32-26(19)17-5-3-6-20(11-17)33(35)36)27-31-24(15-38-27)23-12-22-21-7-2-1-4-16(21)8-9-25(22)37-28(23)34/h1-12,14-15H,(H,30,32)/b18-10-. The number of benzene rings is 3. The van der Waals surface area contributed by atoms with Crippen molar-refractivity contribution in [3.8, 4) is 28.6 Å². The molecule has 182 valence electrons. The van der Waals surface area contributed by atoms with E-state index in [-0.39, 0.29) is 11.3 Å². The van der Waals surface area contributed by atoms with E-state index in [1.807, 2.05) is 30.3 Å². The lowest BCUT2D eigenvalue weighted by atomic mass is 10.0. The molecule has 3 aromatic heterocycles. The van der Waals surface area contributed by atoms with Crippen LogP contribution in [0.25, 0.3) is 55.9 Å². The second kappa shape index (κ2) is 9.24. The average Bonchev–Trinajstić information content (AvgIpc) is 3.61. The Morgan fingerprint density at radius 2 is 1.97 bits per heavy atom. The molecule has 6 aromatic rings. The molecule has 0 aliphatic rings. The second-order valence-corrected chi connectivity index (χ2v) is 9.22. The number of H-pyrrole nitrogens is 1. The van der Waals surface area contributed by atoms with Crippen molar-refractivity contribution in [2.24, 2.45) is 0 Å². The highest BCUT2D eigenvalue weighted by Crippen LogP contribution is 2.32. The number of fused-ring (bicyclic) bond motifs is 3. The topological polar surface area (TPSA) is 139 Å². The van der Waals surface area contributed by atoms with Crippen molar-refractivity contribution < 1.29 is 9.34 Å². The summed E-state index contributed by atoms with van der Waals surface area (Å²) in [6.07, 6.45) is 3.14. The van der Waals surface area contributed by atoms with Crippen LogP contribution in [0.4, 0.5) is 5.69 Å². The summed E-state index contributed by atoms with van der Waals surface area (Å²) < 4.78 is 5.60. The van der Waals surface area contributed by atoms with Crippen LogP contribution in [0, 0.1) is 21.4 Å². The fourth-order valence-electron chi connectivity index (χ4n) is 4.28. The lowest BCUT2D eigenvalue weighted by Crippen LogP contribution is -2.03. The summed E-state index contributed by atoms with van der Waals surface area (Å²) >= 11 is 1.22. The van der Waals surface area contributed by atoms with Crippen molar-refractivity contribution >= 4 is 50.4 Å². The van der Waals surface area contributed by atoms with Crippen LogP contribution in [0.2, 0.25) is 0 Å². The van der Waals surface area contributed by atoms with Crippen molar-refractivity contribution in [3.63, 3.8) is 0 Å². The first-order valence-electron chi connectivity index (χ1n) is 11.3. The van der Waals surface area contributed by atoms with Gasteiger partial charge in [-0.05, 0) is 29.0 Å². The fourth-order valence-corrected chi connectivity index (χ4v) is 5.07. The van der Waals surface area contributed by atoms with Gasteiger partial charge in [-0.25, -0.2) is 9.78 Å². The molecule has 9 nitrogen and oxygen atoms in total. The van der Waals surface area contributed by atoms with Crippen molar-refractivity contribution in [1.82, 2.24) is 15.2 Å². The molecule has 0 radical (unpaired) electrons. The van der Waals surface area contributed by atoms with E-state index in [1.54, 1.807) is 35.7 Å². The molecule has 0 aliphatic heterocycles. The Labute approximate surface area is 218 Å². The minimum absolute atomic E-state index is 0.0564. The summed E-state index contributed by atoms with van der Waals surface area (Å²) in [6.45, 7) is 0. The molecular weight excluding hydrogens is 502 g/mol. The second-order valence-electron chi connectivity index (χ2n) is 8.36. The SMILES string of the molecule is N#C/C(=C/c1cn[nH]c1-c1cccc([N+](=O)[O-])c1)c1nc(-c2cc3c(ccc4ccccc43)oc2=O)cs1. The molecular formula is C28H15N5O4S. The molecule has 10 heteroatoms. The number of nitrogens with zero attached hydrogens (tertiary/aromatic N) is 4. The molecule has 6 rings (SSSR count). The van der Waals surface area contributed by atoms with Crippen LogP contribution in [-0.2, 0) is 0 Å². The number of aromatic nitrogens is 3. The first kappa shape index (κ1) is 23.0. The molecule has 0 spiro atoms. The summed E-state index contributed by atoms with van der Waals surface area (Å²) in [7, 11) is 0. The summed E-state index contributed by atoms with van der Waals surface area (Å²) in [6, 6.07) is 21.6. The van der Waals surface area contributed by atoms with Crippen molar-refractivity contribution in [1.29, 1.82) is 5.26 Å². The van der Waals surface area contributed by atoms with E-state index < -0.39 is 10.5 Å². The van der Waals surface area contributed by atoms with E-state index in [9.17, 15) is 20.2 Å². The third-order valence-corrected chi connectivity index (χ3v) is 6.96. The number of thiazole rings is 1. The molecule has 0 aliphatic carbocycles. The zero-order chi connectivity index (χ0) is 26.2. The highest BCUT2D eigenvalue weighted by Gasteiger charge is 2.17. The fraction of sp³-hybridized carbons (Fsp3) is 0. The third-order valence-electron chi connectivity index (χ3n) is 6.09. The normalized spacial score (nSPS) is 11.6. The van der Waals surface area contributed by atoms with Crippen LogP contribution in [0.5, 0.6) is 0 Å². The van der Waals surface area contributed by atoms with Crippen LogP contribution >= 0.6 is 11.3 Å². The number of nitro benzene ring substituents is 1. The first-order valence-corrected chi connectivity index (χ1v) is 12.2. The van der Waals surface area contributed by atoms with Crippen LogP contribution < -0.4 is 5.63 Å².